The van der Waals surface area contributed by atoms with Crippen LogP contribution in [-0.4, -0.2) is 80.9 Å². The van der Waals surface area contributed by atoms with Crippen LogP contribution in [0.2, 0.25) is 0 Å². The summed E-state index contributed by atoms with van der Waals surface area (Å²) in [6, 6.07) is 6.21. The van der Waals surface area contributed by atoms with Gasteiger partial charge in [0.1, 0.15) is 0 Å². The molecule has 0 spiro atoms. The van der Waals surface area contributed by atoms with Gasteiger partial charge in [-0.1, -0.05) is 19.9 Å². The maximum atomic E-state index is 12.9. The molecule has 0 bridgehead atoms. The fourth-order valence-electron chi connectivity index (χ4n) is 3.72. The molecular formula is C21H32N4O4S. The van der Waals surface area contributed by atoms with E-state index in [1.165, 1.54) is 18.6 Å². The summed E-state index contributed by atoms with van der Waals surface area (Å²) in [5, 5.41) is 0. The van der Waals surface area contributed by atoms with Gasteiger partial charge < -0.3 is 14.7 Å². The summed E-state index contributed by atoms with van der Waals surface area (Å²) in [5.41, 5.74) is 0.346. The van der Waals surface area contributed by atoms with Crippen molar-refractivity contribution in [1.29, 1.82) is 0 Å². The van der Waals surface area contributed by atoms with Crippen LogP contribution < -0.4 is 4.72 Å². The molecule has 0 aliphatic carbocycles. The fourth-order valence-corrected chi connectivity index (χ4v) is 4.98. The quantitative estimate of drug-likeness (QED) is 0.764. The number of carbonyl (C=O) groups is 2. The monoisotopic (exact) mass is 436 g/mol. The van der Waals surface area contributed by atoms with E-state index in [1.54, 1.807) is 17.0 Å². The Morgan fingerprint density at radius 1 is 0.933 bits per heavy atom. The maximum Gasteiger partial charge on any atom is 0.320 e. The molecule has 2 heterocycles. The lowest BCUT2D eigenvalue weighted by Gasteiger charge is -2.38. The number of hydrogen-bond donors (Lipinski definition) is 1. The zero-order valence-corrected chi connectivity index (χ0v) is 18.7. The van der Waals surface area contributed by atoms with E-state index in [9.17, 15) is 18.0 Å². The number of nitrogens with one attached hydrogen (secondary N) is 1. The van der Waals surface area contributed by atoms with Crippen molar-refractivity contribution in [2.75, 3.05) is 45.8 Å². The highest BCUT2D eigenvalue weighted by Crippen LogP contribution is 2.17. The summed E-state index contributed by atoms with van der Waals surface area (Å²) in [5.74, 6) is -0.0190. The Labute approximate surface area is 179 Å². The molecule has 3 rings (SSSR count). The van der Waals surface area contributed by atoms with Gasteiger partial charge in [0.2, 0.25) is 10.0 Å². The third-order valence-corrected chi connectivity index (χ3v) is 6.96. The second kappa shape index (κ2) is 9.78. The third kappa shape index (κ3) is 5.51. The molecule has 0 unspecified atom stereocenters. The molecule has 8 nitrogen and oxygen atoms in total. The largest absolute Gasteiger partial charge is 0.335 e. The minimum absolute atomic E-state index is 0.0612. The second-order valence-corrected chi connectivity index (χ2v) is 10.2. The number of amides is 3. The van der Waals surface area contributed by atoms with Crippen molar-refractivity contribution >= 4 is 22.0 Å². The molecule has 0 saturated carbocycles. The number of piperazine rings is 1. The smallest absolute Gasteiger partial charge is 0.320 e. The third-order valence-electron chi connectivity index (χ3n) is 5.54. The first-order valence-electron chi connectivity index (χ1n) is 10.7. The van der Waals surface area contributed by atoms with E-state index in [-0.39, 0.29) is 22.8 Å². The molecule has 3 amide bonds. The van der Waals surface area contributed by atoms with E-state index in [0.29, 0.717) is 38.3 Å². The van der Waals surface area contributed by atoms with Gasteiger partial charge in [-0.15, -0.1) is 0 Å². The Bertz CT molecular complexity index is 858. The lowest BCUT2D eigenvalue weighted by Crippen LogP contribution is -2.54. The molecule has 1 aromatic rings. The van der Waals surface area contributed by atoms with E-state index in [0.717, 1.165) is 25.9 Å². The summed E-state index contributed by atoms with van der Waals surface area (Å²) < 4.78 is 27.5. The molecule has 2 aliphatic heterocycles. The normalized spacial score (nSPS) is 18.0. The second-order valence-electron chi connectivity index (χ2n) is 8.38. The number of benzene rings is 1. The highest BCUT2D eigenvalue weighted by atomic mass is 32.2. The van der Waals surface area contributed by atoms with Gasteiger partial charge in [0, 0.05) is 51.4 Å². The highest BCUT2D eigenvalue weighted by molar-refractivity contribution is 7.89. The average Bonchev–Trinajstić information content (AvgIpc) is 2.77. The van der Waals surface area contributed by atoms with Gasteiger partial charge in [-0.25, -0.2) is 17.9 Å². The Hall–Kier alpha value is -2.13. The molecule has 9 heteroatoms. The van der Waals surface area contributed by atoms with Gasteiger partial charge in [-0.3, -0.25) is 4.79 Å². The van der Waals surface area contributed by atoms with Crippen LogP contribution in [0.5, 0.6) is 0 Å². The van der Waals surface area contributed by atoms with Crippen LogP contribution in [-0.2, 0) is 10.0 Å². The number of hydrogen-bond acceptors (Lipinski definition) is 4. The molecule has 0 aromatic heterocycles. The Morgan fingerprint density at radius 2 is 1.53 bits per heavy atom. The molecule has 0 atom stereocenters. The maximum absolute atomic E-state index is 12.9. The number of likely N-dealkylation sites (tertiary alicyclic amines) is 1. The van der Waals surface area contributed by atoms with E-state index < -0.39 is 10.0 Å². The number of rotatable bonds is 5. The topological polar surface area (TPSA) is 90.0 Å². The zero-order chi connectivity index (χ0) is 21.7. The number of nitrogens with zero attached hydrogens (tertiary/aromatic N) is 3. The van der Waals surface area contributed by atoms with Crippen molar-refractivity contribution in [3.05, 3.63) is 29.8 Å². The van der Waals surface area contributed by atoms with Crippen LogP contribution in [0.1, 0.15) is 43.5 Å². The van der Waals surface area contributed by atoms with Crippen LogP contribution in [0.25, 0.3) is 0 Å². The molecule has 0 radical (unpaired) electrons. The van der Waals surface area contributed by atoms with Crippen molar-refractivity contribution in [2.24, 2.45) is 5.92 Å². The minimum atomic E-state index is -3.65. The lowest BCUT2D eigenvalue weighted by molar-refractivity contribution is 0.0632. The van der Waals surface area contributed by atoms with Gasteiger partial charge >= 0.3 is 6.03 Å². The van der Waals surface area contributed by atoms with Crippen LogP contribution >= 0.6 is 0 Å². The van der Waals surface area contributed by atoms with E-state index in [1.807, 2.05) is 23.6 Å². The lowest BCUT2D eigenvalue weighted by atomic mass is 10.1. The van der Waals surface area contributed by atoms with Gasteiger partial charge in [-0.05, 0) is 43.4 Å². The average molecular weight is 437 g/mol. The first kappa shape index (κ1) is 22.6. The Morgan fingerprint density at radius 3 is 2.17 bits per heavy atom. The van der Waals surface area contributed by atoms with Crippen LogP contribution in [0.15, 0.2) is 29.2 Å². The van der Waals surface area contributed by atoms with E-state index in [2.05, 4.69) is 4.72 Å². The number of piperidine rings is 1. The summed E-state index contributed by atoms with van der Waals surface area (Å²) in [6.45, 7) is 7.70. The van der Waals surface area contributed by atoms with Crippen molar-refractivity contribution in [3.8, 4) is 0 Å². The van der Waals surface area contributed by atoms with Crippen molar-refractivity contribution in [2.45, 2.75) is 38.0 Å². The summed E-state index contributed by atoms with van der Waals surface area (Å²) in [4.78, 5) is 31.1. The predicted octanol–water partition coefficient (Wildman–Crippen LogP) is 1.98. The van der Waals surface area contributed by atoms with Crippen LogP contribution in [0.3, 0.4) is 0 Å². The molecule has 2 aliphatic rings. The van der Waals surface area contributed by atoms with E-state index in [4.69, 9.17) is 0 Å². The highest BCUT2D eigenvalue weighted by Gasteiger charge is 2.28. The van der Waals surface area contributed by atoms with Gasteiger partial charge in [0.15, 0.2) is 0 Å². The molecule has 166 valence electrons. The zero-order valence-electron chi connectivity index (χ0n) is 17.8. The number of carbonyl (C=O) groups excluding carboxylic acids is 2. The Kier molecular flexibility index (Phi) is 7.36. The standard InChI is InChI=1S/C21H32N4O4S/c1-17(2)16-22-30(28,29)19-8-6-7-18(15-19)20(26)23-11-13-25(14-12-23)21(27)24-9-4-3-5-10-24/h6-8,15,17,22H,3-5,9-14,16H2,1-2H3. The molecule has 1 aromatic carbocycles. The molecular weight excluding hydrogens is 404 g/mol. The van der Waals surface area contributed by atoms with Crippen molar-refractivity contribution in [3.63, 3.8) is 0 Å². The number of sulfonamides is 1. The Balaban J connectivity index is 1.60. The minimum Gasteiger partial charge on any atom is -0.335 e. The van der Waals surface area contributed by atoms with Crippen LogP contribution in [0.4, 0.5) is 4.79 Å². The van der Waals surface area contributed by atoms with Gasteiger partial charge in [-0.2, -0.15) is 0 Å². The first-order valence-corrected chi connectivity index (χ1v) is 12.2. The van der Waals surface area contributed by atoms with E-state index >= 15 is 0 Å². The molecule has 30 heavy (non-hydrogen) atoms. The molecule has 2 fully saturated rings. The van der Waals surface area contributed by atoms with Gasteiger partial charge in [0.05, 0.1) is 4.90 Å². The van der Waals surface area contributed by atoms with Crippen molar-refractivity contribution < 1.29 is 18.0 Å². The molecule has 1 N–H and O–H groups in total. The fraction of sp³-hybridized carbons (Fsp3) is 0.619. The van der Waals surface area contributed by atoms with Crippen molar-refractivity contribution in [1.82, 2.24) is 19.4 Å². The number of urea groups is 1. The summed E-state index contributed by atoms with van der Waals surface area (Å²) in [7, 11) is -3.65. The van der Waals surface area contributed by atoms with Gasteiger partial charge in [0.25, 0.3) is 5.91 Å². The molecule has 2 saturated heterocycles. The summed E-state index contributed by atoms with van der Waals surface area (Å²) >= 11 is 0. The summed E-state index contributed by atoms with van der Waals surface area (Å²) in [6.07, 6.45) is 3.28. The SMILES string of the molecule is CC(C)CNS(=O)(=O)c1cccc(C(=O)N2CCN(C(=O)N3CCCCC3)CC2)c1. The predicted molar refractivity (Wildman–Crippen MR) is 115 cm³/mol. The first-order chi connectivity index (χ1) is 14.3. The van der Waals surface area contributed by atoms with Crippen LogP contribution in [0, 0.1) is 5.92 Å².